The SMILES string of the molecule is Cc1cc(-c2ccnc3ccc(C(=O)N=C(N)N)cc23)ccc1F. The van der Waals surface area contributed by atoms with Gasteiger partial charge < -0.3 is 11.5 Å². The van der Waals surface area contributed by atoms with Gasteiger partial charge in [0.1, 0.15) is 5.82 Å². The molecule has 4 N–H and O–H groups in total. The van der Waals surface area contributed by atoms with Crippen LogP contribution in [0.5, 0.6) is 0 Å². The van der Waals surface area contributed by atoms with E-state index in [1.54, 1.807) is 43.5 Å². The quantitative estimate of drug-likeness (QED) is 0.560. The molecule has 0 fully saturated rings. The van der Waals surface area contributed by atoms with E-state index < -0.39 is 5.91 Å². The molecule has 0 saturated heterocycles. The lowest BCUT2D eigenvalue weighted by atomic mass is 9.98. The number of hydrogen-bond donors (Lipinski definition) is 2. The lowest BCUT2D eigenvalue weighted by Gasteiger charge is -2.09. The van der Waals surface area contributed by atoms with Crippen molar-refractivity contribution >= 4 is 22.8 Å². The molecule has 120 valence electrons. The van der Waals surface area contributed by atoms with E-state index in [2.05, 4.69) is 9.98 Å². The highest BCUT2D eigenvalue weighted by atomic mass is 19.1. The van der Waals surface area contributed by atoms with Crippen LogP contribution in [0.4, 0.5) is 4.39 Å². The highest BCUT2D eigenvalue weighted by molar-refractivity contribution is 6.05. The monoisotopic (exact) mass is 322 g/mol. The third-order valence-electron chi connectivity index (χ3n) is 3.69. The molecule has 1 heterocycles. The third kappa shape index (κ3) is 2.94. The Labute approximate surface area is 137 Å². The van der Waals surface area contributed by atoms with Crippen LogP contribution in [0.15, 0.2) is 53.7 Å². The van der Waals surface area contributed by atoms with Crippen molar-refractivity contribution in [3.05, 3.63) is 65.6 Å². The zero-order chi connectivity index (χ0) is 17.3. The summed E-state index contributed by atoms with van der Waals surface area (Å²) in [5.41, 5.74) is 13.8. The molecule has 0 atom stereocenters. The maximum Gasteiger partial charge on any atom is 0.280 e. The highest BCUT2D eigenvalue weighted by Gasteiger charge is 2.11. The normalized spacial score (nSPS) is 10.6. The van der Waals surface area contributed by atoms with Crippen molar-refractivity contribution in [2.24, 2.45) is 16.5 Å². The van der Waals surface area contributed by atoms with Crippen LogP contribution >= 0.6 is 0 Å². The summed E-state index contributed by atoms with van der Waals surface area (Å²) in [6, 6.07) is 11.7. The van der Waals surface area contributed by atoms with Crippen molar-refractivity contribution in [3.63, 3.8) is 0 Å². The van der Waals surface area contributed by atoms with Crippen LogP contribution in [0, 0.1) is 12.7 Å². The van der Waals surface area contributed by atoms with Crippen molar-refractivity contribution in [1.29, 1.82) is 0 Å². The highest BCUT2D eigenvalue weighted by Crippen LogP contribution is 2.29. The van der Waals surface area contributed by atoms with Gasteiger partial charge in [-0.1, -0.05) is 6.07 Å². The first kappa shape index (κ1) is 15.6. The molecule has 0 aliphatic heterocycles. The molecule has 5 nitrogen and oxygen atoms in total. The summed E-state index contributed by atoms with van der Waals surface area (Å²) in [6.07, 6.45) is 1.67. The molecule has 0 unspecified atom stereocenters. The molecule has 0 radical (unpaired) electrons. The molecule has 0 aliphatic rings. The number of nitrogens with zero attached hydrogens (tertiary/aromatic N) is 2. The van der Waals surface area contributed by atoms with E-state index in [0.717, 1.165) is 22.0 Å². The molecule has 2 aromatic carbocycles. The molecule has 3 rings (SSSR count). The number of aromatic nitrogens is 1. The Morgan fingerprint density at radius 1 is 1.12 bits per heavy atom. The van der Waals surface area contributed by atoms with Crippen molar-refractivity contribution in [2.45, 2.75) is 6.92 Å². The average Bonchev–Trinajstić information content (AvgIpc) is 2.55. The fourth-order valence-corrected chi connectivity index (χ4v) is 2.53. The van der Waals surface area contributed by atoms with Crippen LogP contribution in [0.2, 0.25) is 0 Å². The maximum absolute atomic E-state index is 13.5. The van der Waals surface area contributed by atoms with Crippen LogP contribution in [-0.2, 0) is 0 Å². The number of amides is 1. The Bertz CT molecular complexity index is 978. The number of halogens is 1. The Morgan fingerprint density at radius 2 is 1.92 bits per heavy atom. The predicted molar refractivity (Wildman–Crippen MR) is 92.0 cm³/mol. The first-order valence-electron chi connectivity index (χ1n) is 7.25. The number of carbonyl (C=O) groups is 1. The summed E-state index contributed by atoms with van der Waals surface area (Å²) in [7, 11) is 0. The van der Waals surface area contributed by atoms with E-state index in [9.17, 15) is 9.18 Å². The molecular weight excluding hydrogens is 307 g/mol. The second-order valence-electron chi connectivity index (χ2n) is 5.40. The van der Waals surface area contributed by atoms with Gasteiger partial charge in [0.05, 0.1) is 5.52 Å². The molecule has 24 heavy (non-hydrogen) atoms. The number of aryl methyl sites for hydroxylation is 1. The average molecular weight is 322 g/mol. The van der Waals surface area contributed by atoms with Gasteiger partial charge >= 0.3 is 0 Å². The van der Waals surface area contributed by atoms with Crippen LogP contribution in [0.3, 0.4) is 0 Å². The first-order valence-corrected chi connectivity index (χ1v) is 7.25. The minimum atomic E-state index is -0.526. The number of pyridine rings is 1. The van der Waals surface area contributed by atoms with Crippen LogP contribution in [0.1, 0.15) is 15.9 Å². The largest absolute Gasteiger partial charge is 0.370 e. The Balaban J connectivity index is 2.19. The van der Waals surface area contributed by atoms with Gasteiger partial charge in [-0.2, -0.15) is 4.99 Å². The minimum absolute atomic E-state index is 0.263. The lowest BCUT2D eigenvalue weighted by molar-refractivity contribution is 0.100. The van der Waals surface area contributed by atoms with Crippen molar-refractivity contribution in [1.82, 2.24) is 4.98 Å². The summed E-state index contributed by atoms with van der Waals surface area (Å²) < 4.78 is 13.5. The van der Waals surface area contributed by atoms with E-state index in [-0.39, 0.29) is 11.8 Å². The van der Waals surface area contributed by atoms with Crippen molar-refractivity contribution in [2.75, 3.05) is 0 Å². The fraction of sp³-hybridized carbons (Fsp3) is 0.0556. The second-order valence-corrected chi connectivity index (χ2v) is 5.40. The zero-order valence-corrected chi connectivity index (χ0v) is 13.0. The first-order chi connectivity index (χ1) is 11.5. The smallest absolute Gasteiger partial charge is 0.280 e. The number of aliphatic imine (C=N–C) groups is 1. The van der Waals surface area contributed by atoms with Gasteiger partial charge in [0.15, 0.2) is 5.96 Å². The standard InChI is InChI=1S/C18H15FN4O/c1-10-8-11(2-4-15(10)19)13-6-7-22-16-5-3-12(9-14(13)16)17(24)23-18(20)21/h2-9H,1H3,(H4,20,21,23,24). The Kier molecular flexibility index (Phi) is 3.95. The fourth-order valence-electron chi connectivity index (χ4n) is 2.53. The molecule has 0 bridgehead atoms. The van der Waals surface area contributed by atoms with E-state index in [1.807, 2.05) is 6.07 Å². The Hall–Kier alpha value is -3.28. The van der Waals surface area contributed by atoms with Gasteiger partial charge in [0.2, 0.25) is 0 Å². The van der Waals surface area contributed by atoms with E-state index in [0.29, 0.717) is 11.1 Å². The predicted octanol–water partition coefficient (Wildman–Crippen LogP) is 2.76. The number of nitrogens with two attached hydrogens (primary N) is 2. The third-order valence-corrected chi connectivity index (χ3v) is 3.69. The van der Waals surface area contributed by atoms with Crippen LogP contribution in [0.25, 0.3) is 22.0 Å². The molecule has 0 saturated carbocycles. The summed E-state index contributed by atoms with van der Waals surface area (Å²) in [4.78, 5) is 19.9. The van der Waals surface area contributed by atoms with E-state index in [1.165, 1.54) is 6.07 Å². The summed E-state index contributed by atoms with van der Waals surface area (Å²) >= 11 is 0. The van der Waals surface area contributed by atoms with Gasteiger partial charge in [-0.15, -0.1) is 0 Å². The van der Waals surface area contributed by atoms with Crippen LogP contribution < -0.4 is 11.5 Å². The summed E-state index contributed by atoms with van der Waals surface area (Å²) in [6.45, 7) is 1.70. The van der Waals surface area contributed by atoms with Crippen molar-refractivity contribution < 1.29 is 9.18 Å². The maximum atomic E-state index is 13.5. The second kappa shape index (κ2) is 6.08. The van der Waals surface area contributed by atoms with Crippen LogP contribution in [-0.4, -0.2) is 16.9 Å². The molecule has 3 aromatic rings. The van der Waals surface area contributed by atoms with Gasteiger partial charge in [0.25, 0.3) is 5.91 Å². The number of carbonyl (C=O) groups excluding carboxylic acids is 1. The van der Waals surface area contributed by atoms with E-state index in [4.69, 9.17) is 11.5 Å². The molecular formula is C18H15FN4O. The number of fused-ring (bicyclic) bond motifs is 1. The van der Waals surface area contributed by atoms with Gasteiger partial charge in [-0.25, -0.2) is 4.39 Å². The van der Waals surface area contributed by atoms with E-state index >= 15 is 0 Å². The summed E-state index contributed by atoms with van der Waals surface area (Å²) in [5.74, 6) is -1.08. The number of benzene rings is 2. The number of guanidine groups is 1. The van der Waals surface area contributed by atoms with Gasteiger partial charge in [-0.3, -0.25) is 9.78 Å². The van der Waals surface area contributed by atoms with Gasteiger partial charge in [0, 0.05) is 17.1 Å². The molecule has 6 heteroatoms. The number of hydrogen-bond acceptors (Lipinski definition) is 2. The molecule has 0 aliphatic carbocycles. The zero-order valence-electron chi connectivity index (χ0n) is 13.0. The summed E-state index contributed by atoms with van der Waals surface area (Å²) in [5, 5.41) is 0.764. The molecule has 1 amide bonds. The minimum Gasteiger partial charge on any atom is -0.370 e. The topological polar surface area (TPSA) is 94.4 Å². The van der Waals surface area contributed by atoms with Gasteiger partial charge in [-0.05, 0) is 60.0 Å². The molecule has 0 spiro atoms. The molecule has 1 aromatic heterocycles. The Morgan fingerprint density at radius 3 is 2.62 bits per heavy atom. The van der Waals surface area contributed by atoms with Crippen molar-refractivity contribution in [3.8, 4) is 11.1 Å². The number of rotatable bonds is 2. The lowest BCUT2D eigenvalue weighted by Crippen LogP contribution is -2.24.